The number of nitrogens with zero attached hydrogens (tertiary/aromatic N) is 1. The van der Waals surface area contributed by atoms with Crippen molar-refractivity contribution in [3.05, 3.63) is 29.8 Å². The third kappa shape index (κ3) is 5.58. The van der Waals surface area contributed by atoms with Gasteiger partial charge in [-0.1, -0.05) is 32.9 Å². The van der Waals surface area contributed by atoms with Crippen molar-refractivity contribution in [3.8, 4) is 5.75 Å². The van der Waals surface area contributed by atoms with E-state index >= 15 is 0 Å². The number of hydrogen-bond acceptors (Lipinski definition) is 3. The quantitative estimate of drug-likeness (QED) is 0.801. The predicted molar refractivity (Wildman–Crippen MR) is 91.1 cm³/mol. The second kappa shape index (κ2) is 9.18. The number of methoxy groups -OCH3 is 1. The molecule has 1 aromatic rings. The van der Waals surface area contributed by atoms with E-state index in [2.05, 4.69) is 5.32 Å². The van der Waals surface area contributed by atoms with Crippen LogP contribution in [-0.4, -0.2) is 36.4 Å². The first-order valence-corrected chi connectivity index (χ1v) is 8.11. The number of carbonyl (C=O) groups is 2. The van der Waals surface area contributed by atoms with Crippen LogP contribution in [0.25, 0.3) is 0 Å². The van der Waals surface area contributed by atoms with Crippen LogP contribution in [0.1, 0.15) is 39.7 Å². The highest BCUT2D eigenvalue weighted by Crippen LogP contribution is 2.16. The topological polar surface area (TPSA) is 58.6 Å². The molecule has 1 aromatic carbocycles. The smallest absolute Gasteiger partial charge is 0.242 e. The van der Waals surface area contributed by atoms with Gasteiger partial charge < -0.3 is 15.0 Å². The second-order valence-electron chi connectivity index (χ2n) is 5.94. The number of carbonyl (C=O) groups excluding carboxylic acids is 2. The molecule has 0 unspecified atom stereocenters. The zero-order chi connectivity index (χ0) is 17.4. The highest BCUT2D eigenvalue weighted by molar-refractivity contribution is 5.88. The van der Waals surface area contributed by atoms with Crippen LogP contribution in [0, 0.1) is 5.92 Å². The van der Waals surface area contributed by atoms with E-state index in [1.54, 1.807) is 18.9 Å². The molecule has 1 N–H and O–H groups in total. The summed E-state index contributed by atoms with van der Waals surface area (Å²) in [6.07, 6.45) is 0.870. The van der Waals surface area contributed by atoms with E-state index in [9.17, 15) is 9.59 Å². The van der Waals surface area contributed by atoms with Crippen LogP contribution >= 0.6 is 0 Å². The molecule has 0 saturated heterocycles. The molecule has 128 valence electrons. The van der Waals surface area contributed by atoms with Gasteiger partial charge in [0.2, 0.25) is 11.8 Å². The lowest BCUT2D eigenvalue weighted by molar-refractivity contribution is -0.143. The molecule has 0 bridgehead atoms. The Morgan fingerprint density at radius 1 is 1.17 bits per heavy atom. The number of nitrogens with one attached hydrogen (secondary N) is 1. The van der Waals surface area contributed by atoms with Gasteiger partial charge in [-0.2, -0.15) is 0 Å². The Hall–Kier alpha value is -2.04. The zero-order valence-corrected chi connectivity index (χ0v) is 14.8. The van der Waals surface area contributed by atoms with E-state index in [4.69, 9.17) is 4.74 Å². The normalized spacial score (nSPS) is 11.9. The molecule has 0 aliphatic rings. The summed E-state index contributed by atoms with van der Waals surface area (Å²) in [5, 5.41) is 2.86. The van der Waals surface area contributed by atoms with Gasteiger partial charge in [0, 0.05) is 19.0 Å². The maximum atomic E-state index is 12.5. The lowest BCUT2D eigenvalue weighted by Crippen LogP contribution is -2.49. The Balaban J connectivity index is 2.90. The van der Waals surface area contributed by atoms with Crippen molar-refractivity contribution in [3.63, 3.8) is 0 Å². The first-order valence-electron chi connectivity index (χ1n) is 8.11. The summed E-state index contributed by atoms with van der Waals surface area (Å²) in [5.74, 6) is 0.466. The molecule has 2 amide bonds. The van der Waals surface area contributed by atoms with Gasteiger partial charge in [-0.3, -0.25) is 9.59 Å². The van der Waals surface area contributed by atoms with E-state index in [1.807, 2.05) is 45.0 Å². The number of amides is 2. The highest BCUT2D eigenvalue weighted by atomic mass is 16.5. The average Bonchev–Trinajstić information content (AvgIpc) is 2.56. The molecule has 0 aliphatic heterocycles. The fourth-order valence-electron chi connectivity index (χ4n) is 2.20. The van der Waals surface area contributed by atoms with Crippen LogP contribution < -0.4 is 10.1 Å². The lowest BCUT2D eigenvalue weighted by atomic mass is 10.1. The summed E-state index contributed by atoms with van der Waals surface area (Å²) >= 11 is 0. The molecule has 5 heteroatoms. The molecule has 5 nitrogen and oxygen atoms in total. The third-order valence-electron chi connectivity index (χ3n) is 3.69. The van der Waals surface area contributed by atoms with Crippen molar-refractivity contribution < 1.29 is 14.3 Å². The third-order valence-corrected chi connectivity index (χ3v) is 3.69. The van der Waals surface area contributed by atoms with Gasteiger partial charge in [0.1, 0.15) is 11.8 Å². The molecule has 0 fully saturated rings. The largest absolute Gasteiger partial charge is 0.497 e. The minimum atomic E-state index is -0.501. The molecule has 0 heterocycles. The summed E-state index contributed by atoms with van der Waals surface area (Å²) < 4.78 is 5.15. The monoisotopic (exact) mass is 320 g/mol. The van der Waals surface area contributed by atoms with E-state index in [0.29, 0.717) is 13.1 Å². The molecule has 0 spiro atoms. The van der Waals surface area contributed by atoms with Crippen LogP contribution in [-0.2, 0) is 16.1 Å². The van der Waals surface area contributed by atoms with Crippen molar-refractivity contribution in [1.29, 1.82) is 0 Å². The summed E-state index contributed by atoms with van der Waals surface area (Å²) in [6.45, 7) is 8.49. The van der Waals surface area contributed by atoms with E-state index < -0.39 is 6.04 Å². The summed E-state index contributed by atoms with van der Waals surface area (Å²) in [4.78, 5) is 26.4. The molecule has 0 saturated carbocycles. The van der Waals surface area contributed by atoms with Crippen LogP contribution in [0.3, 0.4) is 0 Å². The van der Waals surface area contributed by atoms with Crippen molar-refractivity contribution in [1.82, 2.24) is 10.2 Å². The van der Waals surface area contributed by atoms with Gasteiger partial charge in [0.15, 0.2) is 0 Å². The number of benzene rings is 1. The second-order valence-corrected chi connectivity index (χ2v) is 5.94. The van der Waals surface area contributed by atoms with Crippen LogP contribution in [0.5, 0.6) is 5.75 Å². The van der Waals surface area contributed by atoms with Crippen LogP contribution in [0.4, 0.5) is 0 Å². The maximum absolute atomic E-state index is 12.5. The van der Waals surface area contributed by atoms with Crippen molar-refractivity contribution >= 4 is 11.8 Å². The summed E-state index contributed by atoms with van der Waals surface area (Å²) in [5.41, 5.74) is 0.968. The highest BCUT2D eigenvalue weighted by Gasteiger charge is 2.27. The molecule has 1 atom stereocenters. The van der Waals surface area contributed by atoms with Gasteiger partial charge in [0.05, 0.1) is 7.11 Å². The standard InChI is InChI=1S/C18H28N2O3/c1-6-11-19-17(21)14(4)20(18(22)13(2)3)12-15-7-9-16(23-5)10-8-15/h7-10,13-14H,6,11-12H2,1-5H3,(H,19,21)/t14-/m0/s1. The first kappa shape index (κ1) is 19.0. The summed E-state index contributed by atoms with van der Waals surface area (Å²) in [7, 11) is 1.61. The maximum Gasteiger partial charge on any atom is 0.242 e. The number of ether oxygens (including phenoxy) is 1. The molecule has 1 rings (SSSR count). The van der Waals surface area contributed by atoms with Crippen molar-refractivity contribution in [2.45, 2.75) is 46.7 Å². The molecule has 0 radical (unpaired) electrons. The van der Waals surface area contributed by atoms with E-state index in [0.717, 1.165) is 17.7 Å². The SMILES string of the molecule is CCCNC(=O)[C@H](C)N(Cc1ccc(OC)cc1)C(=O)C(C)C. The van der Waals surface area contributed by atoms with E-state index in [1.165, 1.54) is 0 Å². The van der Waals surface area contributed by atoms with Crippen LogP contribution in [0.15, 0.2) is 24.3 Å². The van der Waals surface area contributed by atoms with Gasteiger partial charge in [-0.25, -0.2) is 0 Å². The summed E-state index contributed by atoms with van der Waals surface area (Å²) in [6, 6.07) is 7.04. The Morgan fingerprint density at radius 3 is 2.26 bits per heavy atom. The Labute approximate surface area is 139 Å². The fourth-order valence-corrected chi connectivity index (χ4v) is 2.20. The number of rotatable bonds is 8. The van der Waals surface area contributed by atoms with Crippen LogP contribution in [0.2, 0.25) is 0 Å². The predicted octanol–water partition coefficient (Wildman–Crippen LogP) is 2.59. The minimum Gasteiger partial charge on any atom is -0.497 e. The molecule has 23 heavy (non-hydrogen) atoms. The molecule has 0 aliphatic carbocycles. The molecule has 0 aromatic heterocycles. The Kier molecular flexibility index (Phi) is 7.59. The fraction of sp³-hybridized carbons (Fsp3) is 0.556. The molecular weight excluding hydrogens is 292 g/mol. The van der Waals surface area contributed by atoms with Crippen molar-refractivity contribution in [2.75, 3.05) is 13.7 Å². The molecular formula is C18H28N2O3. The van der Waals surface area contributed by atoms with Gasteiger partial charge in [0.25, 0.3) is 0 Å². The first-order chi connectivity index (χ1) is 10.9. The van der Waals surface area contributed by atoms with Gasteiger partial charge in [-0.05, 0) is 31.0 Å². The van der Waals surface area contributed by atoms with Crippen molar-refractivity contribution in [2.24, 2.45) is 5.92 Å². The Morgan fingerprint density at radius 2 is 1.78 bits per heavy atom. The average molecular weight is 320 g/mol. The Bertz CT molecular complexity index is 512. The number of hydrogen-bond donors (Lipinski definition) is 1. The van der Waals surface area contributed by atoms with Gasteiger partial charge in [-0.15, -0.1) is 0 Å². The zero-order valence-electron chi connectivity index (χ0n) is 14.8. The lowest BCUT2D eigenvalue weighted by Gasteiger charge is -2.30. The minimum absolute atomic E-state index is 0.0278. The van der Waals surface area contributed by atoms with E-state index in [-0.39, 0.29) is 17.7 Å². The van der Waals surface area contributed by atoms with Gasteiger partial charge >= 0.3 is 0 Å².